The van der Waals surface area contributed by atoms with E-state index in [0.29, 0.717) is 41.0 Å². The molecule has 0 aliphatic rings. The number of aryl methyl sites for hydroxylation is 1. The molecule has 8 nitrogen and oxygen atoms in total. The van der Waals surface area contributed by atoms with Gasteiger partial charge in [-0.05, 0) is 50.5 Å². The highest BCUT2D eigenvalue weighted by Gasteiger charge is 2.14. The molecule has 34 heavy (non-hydrogen) atoms. The number of Topliss-reactive ketones (excluding diaryl/α,β-unsaturated/α-hetero) is 2. The van der Waals surface area contributed by atoms with Gasteiger partial charge in [-0.15, -0.1) is 0 Å². The lowest BCUT2D eigenvalue weighted by Gasteiger charge is -2.12. The third-order valence-corrected chi connectivity index (χ3v) is 4.41. The van der Waals surface area contributed by atoms with Crippen LogP contribution in [-0.4, -0.2) is 62.8 Å². The van der Waals surface area contributed by atoms with Crippen LogP contribution in [0.4, 0.5) is 0 Å². The Morgan fingerprint density at radius 2 is 1.41 bits per heavy atom. The number of rotatable bonds is 11. The summed E-state index contributed by atoms with van der Waals surface area (Å²) < 4.78 is 20.3. The van der Waals surface area contributed by atoms with Gasteiger partial charge in [0.2, 0.25) is 0 Å². The molecule has 0 saturated carbocycles. The van der Waals surface area contributed by atoms with Gasteiger partial charge in [-0.3, -0.25) is 9.59 Å². The second-order valence-electron chi connectivity index (χ2n) is 6.97. The maximum atomic E-state index is 11.6. The third kappa shape index (κ3) is 9.33. The summed E-state index contributed by atoms with van der Waals surface area (Å²) in [7, 11) is 3.03. The number of carbonyl (C=O) groups excluding carboxylic acids is 2. The fraction of sp³-hybridized carbons (Fsp3) is 0.385. The minimum atomic E-state index is -0.250. The second-order valence-corrected chi connectivity index (χ2v) is 6.97. The number of aliphatic hydroxyl groups is 2. The van der Waals surface area contributed by atoms with Crippen LogP contribution >= 0.6 is 0 Å². The minimum absolute atomic E-state index is 0.0374. The molecule has 2 aromatic carbocycles. The third-order valence-electron chi connectivity index (χ3n) is 4.41. The summed E-state index contributed by atoms with van der Waals surface area (Å²) in [4.78, 5) is 23.2. The van der Waals surface area contributed by atoms with E-state index in [9.17, 15) is 9.59 Å². The summed E-state index contributed by atoms with van der Waals surface area (Å²) in [6, 6.07) is 10.6. The number of benzene rings is 2. The molecule has 0 radical (unpaired) electrons. The molecule has 0 saturated heterocycles. The van der Waals surface area contributed by atoms with E-state index in [1.165, 1.54) is 28.1 Å². The van der Waals surface area contributed by atoms with E-state index in [1.807, 2.05) is 12.1 Å². The van der Waals surface area contributed by atoms with E-state index in [4.69, 9.17) is 29.2 Å². The number of hydrogen-bond acceptors (Lipinski definition) is 8. The molecule has 0 amide bonds. The molecule has 0 fully saturated rings. The quantitative estimate of drug-likeness (QED) is 0.292. The van der Waals surface area contributed by atoms with Gasteiger partial charge in [-0.1, -0.05) is 30.0 Å². The maximum absolute atomic E-state index is 11.6. The van der Waals surface area contributed by atoms with Gasteiger partial charge in [0, 0.05) is 26.4 Å². The minimum Gasteiger partial charge on any atom is -0.467 e. The van der Waals surface area contributed by atoms with Crippen molar-refractivity contribution >= 4 is 11.6 Å². The highest BCUT2D eigenvalue weighted by atomic mass is 16.7. The van der Waals surface area contributed by atoms with Crippen LogP contribution in [0.2, 0.25) is 0 Å². The van der Waals surface area contributed by atoms with Crippen LogP contribution in [0.25, 0.3) is 0 Å². The van der Waals surface area contributed by atoms with Gasteiger partial charge >= 0.3 is 0 Å². The molecule has 184 valence electrons. The van der Waals surface area contributed by atoms with Crippen LogP contribution < -0.4 is 9.47 Å². The van der Waals surface area contributed by atoms with Crippen LogP contribution in [-0.2, 0) is 15.9 Å². The summed E-state index contributed by atoms with van der Waals surface area (Å²) in [5.74, 6) is 6.02. The second kappa shape index (κ2) is 16.4. The summed E-state index contributed by atoms with van der Waals surface area (Å²) in [6.07, 6.45) is 1.30. The van der Waals surface area contributed by atoms with Gasteiger partial charge in [0.15, 0.2) is 25.2 Å². The Morgan fingerprint density at radius 3 is 1.91 bits per heavy atom. The molecule has 0 unspecified atom stereocenters. The largest absolute Gasteiger partial charge is 0.467 e. The monoisotopic (exact) mass is 472 g/mol. The van der Waals surface area contributed by atoms with Crippen molar-refractivity contribution in [2.45, 2.75) is 26.7 Å². The lowest BCUT2D eigenvalue weighted by molar-refractivity contribution is 0.0500. The number of ketones is 2. The summed E-state index contributed by atoms with van der Waals surface area (Å²) in [5.41, 5.74) is 2.43. The molecule has 0 bridgehead atoms. The van der Waals surface area contributed by atoms with Crippen molar-refractivity contribution in [3.05, 3.63) is 58.7 Å². The van der Waals surface area contributed by atoms with E-state index in [-0.39, 0.29) is 38.4 Å². The van der Waals surface area contributed by atoms with Crippen molar-refractivity contribution in [3.8, 4) is 23.3 Å². The smallest absolute Gasteiger partial charge is 0.188 e. The molecule has 2 aromatic rings. The van der Waals surface area contributed by atoms with Crippen molar-refractivity contribution in [1.82, 2.24) is 0 Å². The zero-order valence-corrected chi connectivity index (χ0v) is 20.1. The average molecular weight is 473 g/mol. The van der Waals surface area contributed by atoms with Gasteiger partial charge in [-0.2, -0.15) is 0 Å². The van der Waals surface area contributed by atoms with Crippen molar-refractivity contribution in [1.29, 1.82) is 0 Å². The molecule has 0 heterocycles. The van der Waals surface area contributed by atoms with Crippen molar-refractivity contribution in [3.63, 3.8) is 0 Å². The molecule has 0 spiro atoms. The molecular weight excluding hydrogens is 440 g/mol. The van der Waals surface area contributed by atoms with Crippen LogP contribution in [0.5, 0.6) is 11.5 Å². The van der Waals surface area contributed by atoms with Crippen LogP contribution in [0.15, 0.2) is 36.4 Å². The van der Waals surface area contributed by atoms with Crippen molar-refractivity contribution < 1.29 is 38.7 Å². The molecule has 2 N–H and O–H groups in total. The fourth-order valence-corrected chi connectivity index (χ4v) is 3.07. The van der Waals surface area contributed by atoms with Crippen LogP contribution in [0.1, 0.15) is 52.1 Å². The normalized spacial score (nSPS) is 9.82. The Bertz CT molecular complexity index is 962. The Balaban J connectivity index is 0.000000340. The van der Waals surface area contributed by atoms with Gasteiger partial charge in [0.25, 0.3) is 0 Å². The Kier molecular flexibility index (Phi) is 13.9. The summed E-state index contributed by atoms with van der Waals surface area (Å²) >= 11 is 0. The Hall–Kier alpha value is -3.22. The zero-order chi connectivity index (χ0) is 25.3. The fourth-order valence-electron chi connectivity index (χ4n) is 3.07. The van der Waals surface area contributed by atoms with E-state index < -0.39 is 0 Å². The number of methoxy groups -OCH3 is 2. The SMILES string of the molecule is COCOc1cccc(C#CCO)c1C(C)=O.COCOc1cccc(CCCO)c1C(C)=O. The van der Waals surface area contributed by atoms with E-state index in [0.717, 1.165) is 5.56 Å². The standard InChI is InChI=1S/C13H18O4.C13H14O4/c2*1-10(15)13-11(6-4-8-14)5-3-7-12(13)17-9-16-2/h3,5,7,14H,4,6,8-9H2,1-2H3;3,5,7,14H,8-9H2,1-2H3. The first-order chi connectivity index (χ1) is 16.4. The van der Waals surface area contributed by atoms with Crippen LogP contribution in [0, 0.1) is 11.8 Å². The average Bonchev–Trinajstić information content (AvgIpc) is 2.83. The van der Waals surface area contributed by atoms with Gasteiger partial charge in [0.05, 0.1) is 11.1 Å². The first-order valence-corrected chi connectivity index (χ1v) is 10.6. The van der Waals surface area contributed by atoms with Crippen molar-refractivity contribution in [2.24, 2.45) is 0 Å². The summed E-state index contributed by atoms with van der Waals surface area (Å²) in [5, 5.41) is 17.5. The molecule has 0 atom stereocenters. The van der Waals surface area contributed by atoms with E-state index >= 15 is 0 Å². The lowest BCUT2D eigenvalue weighted by Crippen LogP contribution is -2.07. The number of ether oxygens (including phenoxy) is 4. The number of aliphatic hydroxyl groups excluding tert-OH is 2. The predicted molar refractivity (Wildman–Crippen MR) is 127 cm³/mol. The molecular formula is C26H32O8. The first-order valence-electron chi connectivity index (χ1n) is 10.6. The number of hydrogen-bond donors (Lipinski definition) is 2. The molecule has 0 aromatic heterocycles. The van der Waals surface area contributed by atoms with Crippen molar-refractivity contribution in [2.75, 3.05) is 41.0 Å². The van der Waals surface area contributed by atoms with Gasteiger partial charge in [0.1, 0.15) is 18.1 Å². The maximum Gasteiger partial charge on any atom is 0.188 e. The molecule has 0 aliphatic carbocycles. The predicted octanol–water partition coefficient (Wildman–Crippen LogP) is 3.01. The Labute approximate surface area is 200 Å². The lowest BCUT2D eigenvalue weighted by atomic mass is 9.99. The van der Waals surface area contributed by atoms with E-state index in [1.54, 1.807) is 24.3 Å². The van der Waals surface area contributed by atoms with Gasteiger partial charge < -0.3 is 29.2 Å². The molecule has 2 rings (SSSR count). The molecule has 8 heteroatoms. The highest BCUT2D eigenvalue weighted by Crippen LogP contribution is 2.24. The topological polar surface area (TPSA) is 112 Å². The first kappa shape index (κ1) is 28.8. The molecule has 0 aliphatic heterocycles. The van der Waals surface area contributed by atoms with Gasteiger partial charge in [-0.25, -0.2) is 0 Å². The zero-order valence-electron chi connectivity index (χ0n) is 20.1. The van der Waals surface area contributed by atoms with E-state index in [2.05, 4.69) is 11.8 Å². The highest BCUT2D eigenvalue weighted by molar-refractivity contribution is 5.99. The Morgan fingerprint density at radius 1 is 0.853 bits per heavy atom. The number of carbonyl (C=O) groups is 2. The van der Waals surface area contributed by atoms with Crippen LogP contribution in [0.3, 0.4) is 0 Å². The summed E-state index contributed by atoms with van der Waals surface area (Å²) in [6.45, 7) is 3.00.